The summed E-state index contributed by atoms with van der Waals surface area (Å²) in [5.74, 6) is -0.356. The zero-order valence-corrected chi connectivity index (χ0v) is 10.5. The molecular formula is C12H21N3O2. The van der Waals surface area contributed by atoms with Gasteiger partial charge in [-0.3, -0.25) is 4.79 Å². The van der Waals surface area contributed by atoms with E-state index in [1.807, 2.05) is 19.9 Å². The highest BCUT2D eigenvalue weighted by Crippen LogP contribution is 1.94. The van der Waals surface area contributed by atoms with E-state index in [0.717, 1.165) is 19.3 Å². The Bertz CT molecular complexity index is 293. The van der Waals surface area contributed by atoms with Crippen molar-refractivity contribution in [1.29, 1.82) is 5.26 Å². The van der Waals surface area contributed by atoms with E-state index in [9.17, 15) is 4.79 Å². The lowest BCUT2D eigenvalue weighted by Gasteiger charge is -2.07. The van der Waals surface area contributed by atoms with Crippen molar-refractivity contribution in [2.45, 2.75) is 39.2 Å². The predicted octanol–water partition coefficient (Wildman–Crippen LogP) is 0.671. The van der Waals surface area contributed by atoms with Gasteiger partial charge in [-0.1, -0.05) is 0 Å². The second-order valence-electron chi connectivity index (χ2n) is 4.04. The summed E-state index contributed by atoms with van der Waals surface area (Å²) in [6, 6.07) is 1.87. The summed E-state index contributed by atoms with van der Waals surface area (Å²) in [7, 11) is 0. The van der Waals surface area contributed by atoms with Crippen molar-refractivity contribution in [2.24, 2.45) is 0 Å². The summed E-state index contributed by atoms with van der Waals surface area (Å²) >= 11 is 0. The van der Waals surface area contributed by atoms with Gasteiger partial charge >= 0.3 is 0 Å². The minimum Gasteiger partial charge on any atom is -0.396 e. The van der Waals surface area contributed by atoms with Gasteiger partial charge in [0.15, 0.2) is 0 Å². The molecule has 0 atom stereocenters. The fourth-order valence-corrected chi connectivity index (χ4v) is 1.18. The molecule has 0 aliphatic rings. The number of carbonyl (C=O) groups excluding carboxylic acids is 1. The quantitative estimate of drug-likeness (QED) is 0.330. The Kier molecular flexibility index (Phi) is 8.79. The first-order valence-corrected chi connectivity index (χ1v) is 5.87. The van der Waals surface area contributed by atoms with Crippen LogP contribution in [0.1, 0.15) is 33.1 Å². The SMILES string of the molecule is CC(C)NC(=O)/C(C#N)=C\NCCCCCO. The van der Waals surface area contributed by atoms with Crippen LogP contribution in [0.15, 0.2) is 11.8 Å². The molecule has 0 aliphatic carbocycles. The van der Waals surface area contributed by atoms with E-state index >= 15 is 0 Å². The molecule has 5 heteroatoms. The van der Waals surface area contributed by atoms with E-state index in [1.54, 1.807) is 0 Å². The Morgan fingerprint density at radius 1 is 1.41 bits per heavy atom. The molecule has 17 heavy (non-hydrogen) atoms. The normalized spacial score (nSPS) is 11.1. The maximum absolute atomic E-state index is 11.5. The Labute approximate surface area is 103 Å². The summed E-state index contributed by atoms with van der Waals surface area (Å²) in [6.07, 6.45) is 4.06. The van der Waals surface area contributed by atoms with Gasteiger partial charge in [-0.05, 0) is 33.1 Å². The van der Waals surface area contributed by atoms with Crippen LogP contribution in [0.25, 0.3) is 0 Å². The standard InChI is InChI=1S/C12H21N3O2/c1-10(2)15-12(17)11(8-13)9-14-6-4-3-5-7-16/h9-10,14,16H,3-7H2,1-2H3,(H,15,17)/b11-9-. The number of nitriles is 1. The van der Waals surface area contributed by atoms with Gasteiger partial charge in [0.25, 0.3) is 5.91 Å². The fourth-order valence-electron chi connectivity index (χ4n) is 1.18. The second-order valence-corrected chi connectivity index (χ2v) is 4.04. The molecule has 0 aromatic heterocycles. The van der Waals surface area contributed by atoms with Crippen molar-refractivity contribution in [1.82, 2.24) is 10.6 Å². The molecule has 0 radical (unpaired) electrons. The number of aliphatic hydroxyl groups excluding tert-OH is 1. The topological polar surface area (TPSA) is 85.2 Å². The number of aliphatic hydroxyl groups is 1. The van der Waals surface area contributed by atoms with Crippen LogP contribution in [0.3, 0.4) is 0 Å². The van der Waals surface area contributed by atoms with Crippen LogP contribution >= 0.6 is 0 Å². The van der Waals surface area contributed by atoms with Crippen LogP contribution in [0.5, 0.6) is 0 Å². The third-order valence-corrected chi connectivity index (χ3v) is 2.01. The van der Waals surface area contributed by atoms with Gasteiger partial charge in [0.05, 0.1) is 0 Å². The molecule has 96 valence electrons. The van der Waals surface area contributed by atoms with Gasteiger partial charge < -0.3 is 15.7 Å². The lowest BCUT2D eigenvalue weighted by molar-refractivity contribution is -0.117. The molecule has 0 aliphatic heterocycles. The summed E-state index contributed by atoms with van der Waals surface area (Å²) in [5.41, 5.74) is 0.0841. The molecule has 1 amide bonds. The maximum Gasteiger partial charge on any atom is 0.263 e. The fraction of sp³-hybridized carbons (Fsp3) is 0.667. The van der Waals surface area contributed by atoms with Crippen LogP contribution in [0, 0.1) is 11.3 Å². The lowest BCUT2D eigenvalue weighted by atomic mass is 10.2. The molecule has 5 nitrogen and oxygen atoms in total. The Morgan fingerprint density at radius 3 is 2.65 bits per heavy atom. The van der Waals surface area contributed by atoms with Crippen molar-refractivity contribution in [3.05, 3.63) is 11.8 Å². The number of carbonyl (C=O) groups is 1. The Morgan fingerprint density at radius 2 is 2.12 bits per heavy atom. The van der Waals surface area contributed by atoms with Crippen molar-refractivity contribution in [2.75, 3.05) is 13.2 Å². The average molecular weight is 239 g/mol. The molecule has 0 unspecified atom stereocenters. The summed E-state index contributed by atoms with van der Waals surface area (Å²) in [4.78, 5) is 11.5. The van der Waals surface area contributed by atoms with Gasteiger partial charge in [-0.25, -0.2) is 0 Å². The van der Waals surface area contributed by atoms with Crippen LogP contribution < -0.4 is 10.6 Å². The van der Waals surface area contributed by atoms with Crippen LogP contribution in [0.2, 0.25) is 0 Å². The smallest absolute Gasteiger partial charge is 0.263 e. The summed E-state index contributed by atoms with van der Waals surface area (Å²) < 4.78 is 0. The first-order chi connectivity index (χ1) is 8.11. The maximum atomic E-state index is 11.5. The van der Waals surface area contributed by atoms with Crippen LogP contribution in [-0.2, 0) is 4.79 Å². The van der Waals surface area contributed by atoms with Crippen molar-refractivity contribution in [3.8, 4) is 6.07 Å². The number of hydrogen-bond donors (Lipinski definition) is 3. The van der Waals surface area contributed by atoms with Crippen LogP contribution in [-0.4, -0.2) is 30.2 Å². The van der Waals surface area contributed by atoms with E-state index in [4.69, 9.17) is 10.4 Å². The highest BCUT2D eigenvalue weighted by Gasteiger charge is 2.08. The molecule has 0 aromatic rings. The Balaban J connectivity index is 3.93. The average Bonchev–Trinajstić information content (AvgIpc) is 2.27. The highest BCUT2D eigenvalue weighted by molar-refractivity contribution is 5.97. The van der Waals surface area contributed by atoms with E-state index in [0.29, 0.717) is 6.54 Å². The molecule has 0 aromatic carbocycles. The molecule has 0 heterocycles. The minimum atomic E-state index is -0.356. The molecule has 0 saturated heterocycles. The first-order valence-electron chi connectivity index (χ1n) is 5.87. The van der Waals surface area contributed by atoms with Crippen molar-refractivity contribution < 1.29 is 9.90 Å². The van der Waals surface area contributed by atoms with Gasteiger partial charge in [0, 0.05) is 25.4 Å². The zero-order valence-electron chi connectivity index (χ0n) is 10.5. The molecule has 0 fully saturated rings. The largest absolute Gasteiger partial charge is 0.396 e. The van der Waals surface area contributed by atoms with Gasteiger partial charge in [-0.2, -0.15) is 5.26 Å². The zero-order chi connectivity index (χ0) is 13.1. The molecule has 3 N–H and O–H groups in total. The van der Waals surface area contributed by atoms with Gasteiger partial charge in [0.2, 0.25) is 0 Å². The first kappa shape index (κ1) is 15.5. The minimum absolute atomic E-state index is 0.0174. The number of nitrogens with zero attached hydrogens (tertiary/aromatic N) is 1. The van der Waals surface area contributed by atoms with E-state index < -0.39 is 0 Å². The van der Waals surface area contributed by atoms with Crippen LogP contribution in [0.4, 0.5) is 0 Å². The van der Waals surface area contributed by atoms with Gasteiger partial charge in [-0.15, -0.1) is 0 Å². The third-order valence-electron chi connectivity index (χ3n) is 2.01. The molecule has 0 saturated carbocycles. The molecule has 0 spiro atoms. The lowest BCUT2D eigenvalue weighted by Crippen LogP contribution is -2.31. The van der Waals surface area contributed by atoms with Crippen molar-refractivity contribution >= 4 is 5.91 Å². The molecule has 0 bridgehead atoms. The monoisotopic (exact) mass is 239 g/mol. The third kappa shape index (κ3) is 8.29. The summed E-state index contributed by atoms with van der Waals surface area (Å²) in [6.45, 7) is 4.58. The van der Waals surface area contributed by atoms with E-state index in [-0.39, 0.29) is 24.1 Å². The highest BCUT2D eigenvalue weighted by atomic mass is 16.2. The second kappa shape index (κ2) is 9.67. The number of unbranched alkanes of at least 4 members (excludes halogenated alkanes) is 2. The van der Waals surface area contributed by atoms with Crippen molar-refractivity contribution in [3.63, 3.8) is 0 Å². The van der Waals surface area contributed by atoms with E-state index in [1.165, 1.54) is 6.20 Å². The molecular weight excluding hydrogens is 218 g/mol. The van der Waals surface area contributed by atoms with Gasteiger partial charge in [0.1, 0.15) is 11.6 Å². The number of hydrogen-bond acceptors (Lipinski definition) is 4. The number of amides is 1. The number of rotatable bonds is 8. The number of nitrogens with one attached hydrogen (secondary N) is 2. The predicted molar refractivity (Wildman–Crippen MR) is 65.9 cm³/mol. The van der Waals surface area contributed by atoms with E-state index in [2.05, 4.69) is 10.6 Å². The Hall–Kier alpha value is -1.54. The molecule has 0 rings (SSSR count). The summed E-state index contributed by atoms with van der Waals surface area (Å²) in [5, 5.41) is 22.9.